The van der Waals surface area contributed by atoms with Gasteiger partial charge in [-0.1, -0.05) is 45.1 Å². The van der Waals surface area contributed by atoms with Gasteiger partial charge in [0.05, 0.1) is 0 Å². The van der Waals surface area contributed by atoms with Crippen LogP contribution in [0.1, 0.15) is 75.8 Å². The van der Waals surface area contributed by atoms with Crippen molar-refractivity contribution >= 4 is 0 Å². The third-order valence-corrected chi connectivity index (χ3v) is 7.23. The lowest BCUT2D eigenvalue weighted by Crippen LogP contribution is -2.60. The van der Waals surface area contributed by atoms with E-state index in [0.717, 1.165) is 12.0 Å². The molecule has 1 N–H and O–H groups in total. The molecule has 4 rings (SSSR count). The van der Waals surface area contributed by atoms with Crippen molar-refractivity contribution in [3.8, 4) is 5.75 Å². The molecule has 1 saturated heterocycles. The van der Waals surface area contributed by atoms with Crippen molar-refractivity contribution in [2.75, 3.05) is 13.1 Å². The minimum Gasteiger partial charge on any atom is -0.508 e. The van der Waals surface area contributed by atoms with Crippen molar-refractivity contribution in [1.82, 2.24) is 4.90 Å². The molecule has 2 nitrogen and oxygen atoms in total. The van der Waals surface area contributed by atoms with Gasteiger partial charge >= 0.3 is 0 Å². The van der Waals surface area contributed by atoms with E-state index in [9.17, 15) is 5.11 Å². The van der Waals surface area contributed by atoms with Crippen LogP contribution < -0.4 is 0 Å². The highest BCUT2D eigenvalue weighted by Crippen LogP contribution is 2.56. The molecule has 2 bridgehead atoms. The number of piperidine rings is 1. The van der Waals surface area contributed by atoms with Gasteiger partial charge in [0.15, 0.2) is 0 Å². The van der Waals surface area contributed by atoms with Gasteiger partial charge in [0.1, 0.15) is 5.75 Å². The average Bonchev–Trinajstić information content (AvgIpc) is 2.61. The molecular weight excluding hydrogens is 294 g/mol. The number of nitrogens with zero attached hydrogens (tertiary/aromatic N) is 1. The van der Waals surface area contributed by atoms with Crippen LogP contribution in [0.15, 0.2) is 18.2 Å². The number of phenolic OH excluding ortho intramolecular Hbond substituents is 1. The fourth-order valence-electron chi connectivity index (χ4n) is 6.09. The average molecular weight is 328 g/mol. The van der Waals surface area contributed by atoms with Crippen LogP contribution in [0.2, 0.25) is 0 Å². The van der Waals surface area contributed by atoms with Crippen LogP contribution >= 0.6 is 0 Å². The van der Waals surface area contributed by atoms with Crippen molar-refractivity contribution in [1.29, 1.82) is 0 Å². The second-order valence-electron chi connectivity index (χ2n) is 8.47. The SMILES string of the molecule is CCCCCCN1CC[C@@]23CCCC[C@H]2[C@@H]1Cc1ccc(O)cc13. The van der Waals surface area contributed by atoms with Crippen molar-refractivity contribution in [2.45, 2.75) is 82.6 Å². The predicted octanol–water partition coefficient (Wildman–Crippen LogP) is 5.03. The van der Waals surface area contributed by atoms with Crippen molar-refractivity contribution in [2.24, 2.45) is 5.92 Å². The summed E-state index contributed by atoms with van der Waals surface area (Å²) in [5.41, 5.74) is 3.40. The summed E-state index contributed by atoms with van der Waals surface area (Å²) in [4.78, 5) is 2.83. The van der Waals surface area contributed by atoms with E-state index in [4.69, 9.17) is 0 Å². The molecule has 1 heterocycles. The number of phenols is 1. The van der Waals surface area contributed by atoms with Gasteiger partial charge in [0.25, 0.3) is 0 Å². The van der Waals surface area contributed by atoms with Crippen LogP contribution in [0.5, 0.6) is 5.75 Å². The number of likely N-dealkylation sites (tertiary alicyclic amines) is 1. The highest BCUT2D eigenvalue weighted by Gasteiger charge is 2.53. The molecule has 132 valence electrons. The lowest BCUT2D eigenvalue weighted by Gasteiger charge is -2.59. The number of benzene rings is 1. The second kappa shape index (κ2) is 6.71. The van der Waals surface area contributed by atoms with E-state index >= 15 is 0 Å². The molecule has 0 unspecified atom stereocenters. The maximum absolute atomic E-state index is 10.1. The van der Waals surface area contributed by atoms with Gasteiger partial charge in [0, 0.05) is 11.5 Å². The molecule has 1 aromatic carbocycles. The minimum absolute atomic E-state index is 0.370. The quantitative estimate of drug-likeness (QED) is 0.767. The van der Waals surface area contributed by atoms with Gasteiger partial charge < -0.3 is 5.11 Å². The Bertz CT molecular complexity index is 583. The zero-order valence-corrected chi connectivity index (χ0v) is 15.3. The third kappa shape index (κ3) is 2.67. The number of hydrogen-bond acceptors (Lipinski definition) is 2. The van der Waals surface area contributed by atoms with E-state index in [-0.39, 0.29) is 0 Å². The summed E-state index contributed by atoms with van der Waals surface area (Å²) in [7, 11) is 0. The van der Waals surface area contributed by atoms with Crippen LogP contribution in [-0.4, -0.2) is 29.1 Å². The first-order valence-corrected chi connectivity index (χ1v) is 10.3. The summed E-state index contributed by atoms with van der Waals surface area (Å²) < 4.78 is 0. The van der Waals surface area contributed by atoms with Gasteiger partial charge in [-0.2, -0.15) is 0 Å². The first-order chi connectivity index (χ1) is 11.7. The molecule has 0 amide bonds. The summed E-state index contributed by atoms with van der Waals surface area (Å²) in [5.74, 6) is 1.29. The third-order valence-electron chi connectivity index (χ3n) is 7.23. The molecule has 0 spiro atoms. The van der Waals surface area contributed by atoms with E-state index in [1.54, 1.807) is 0 Å². The molecule has 2 aliphatic carbocycles. The Labute approximate surface area is 147 Å². The molecule has 1 aliphatic heterocycles. The summed E-state index contributed by atoms with van der Waals surface area (Å²) in [6.07, 6.45) is 13.5. The Morgan fingerprint density at radius 3 is 2.96 bits per heavy atom. The number of hydrogen-bond donors (Lipinski definition) is 1. The van der Waals surface area contributed by atoms with E-state index in [1.165, 1.54) is 88.4 Å². The maximum atomic E-state index is 10.1. The molecule has 1 saturated carbocycles. The molecule has 24 heavy (non-hydrogen) atoms. The van der Waals surface area contributed by atoms with Gasteiger partial charge in [-0.15, -0.1) is 0 Å². The first-order valence-electron chi connectivity index (χ1n) is 10.3. The molecule has 0 aromatic heterocycles. The number of unbranched alkanes of at least 4 members (excludes halogenated alkanes) is 3. The normalized spacial score (nSPS) is 32.2. The van der Waals surface area contributed by atoms with Crippen LogP contribution in [0, 0.1) is 5.92 Å². The lowest BCUT2D eigenvalue weighted by atomic mass is 9.52. The largest absolute Gasteiger partial charge is 0.508 e. The zero-order chi connectivity index (χ0) is 16.6. The van der Waals surface area contributed by atoms with Crippen LogP contribution in [0.3, 0.4) is 0 Å². The Balaban J connectivity index is 1.61. The van der Waals surface area contributed by atoms with Gasteiger partial charge in [-0.3, -0.25) is 4.90 Å². The second-order valence-corrected chi connectivity index (χ2v) is 8.47. The van der Waals surface area contributed by atoms with Gasteiger partial charge in [0.2, 0.25) is 0 Å². The fourth-order valence-corrected chi connectivity index (χ4v) is 6.09. The number of aromatic hydroxyl groups is 1. The van der Waals surface area contributed by atoms with Crippen LogP contribution in [0.4, 0.5) is 0 Å². The predicted molar refractivity (Wildman–Crippen MR) is 99.6 cm³/mol. The molecule has 3 aliphatic rings. The number of rotatable bonds is 5. The smallest absolute Gasteiger partial charge is 0.115 e. The summed E-state index contributed by atoms with van der Waals surface area (Å²) >= 11 is 0. The first kappa shape index (κ1) is 16.4. The zero-order valence-electron chi connectivity index (χ0n) is 15.3. The Kier molecular flexibility index (Phi) is 4.60. The standard InChI is InChI=1S/C22H33NO/c1-2-3-4-7-13-23-14-12-22-11-6-5-8-19(22)21(23)15-17-9-10-18(24)16-20(17)22/h9-10,16,19,21,24H,2-8,11-15H2,1H3/t19-,21-,22-/m0/s1. The van der Waals surface area contributed by atoms with E-state index < -0.39 is 0 Å². The van der Waals surface area contributed by atoms with E-state index in [2.05, 4.69) is 24.0 Å². The van der Waals surface area contributed by atoms with Crippen molar-refractivity contribution in [3.63, 3.8) is 0 Å². The topological polar surface area (TPSA) is 23.5 Å². The van der Waals surface area contributed by atoms with E-state index in [1.807, 2.05) is 6.07 Å². The Morgan fingerprint density at radius 1 is 1.17 bits per heavy atom. The summed E-state index contributed by atoms with van der Waals surface area (Å²) in [6.45, 7) is 4.86. The highest BCUT2D eigenvalue weighted by molar-refractivity contribution is 5.45. The molecule has 0 radical (unpaired) electrons. The Hall–Kier alpha value is -1.02. The van der Waals surface area contributed by atoms with Crippen molar-refractivity contribution in [3.05, 3.63) is 29.3 Å². The summed E-state index contributed by atoms with van der Waals surface area (Å²) in [6, 6.07) is 6.98. The Morgan fingerprint density at radius 2 is 2.08 bits per heavy atom. The molecule has 2 heteroatoms. The van der Waals surface area contributed by atoms with Crippen molar-refractivity contribution < 1.29 is 5.11 Å². The van der Waals surface area contributed by atoms with Gasteiger partial charge in [-0.25, -0.2) is 0 Å². The maximum Gasteiger partial charge on any atom is 0.115 e. The van der Waals surface area contributed by atoms with Gasteiger partial charge in [-0.05, 0) is 74.4 Å². The van der Waals surface area contributed by atoms with E-state index in [0.29, 0.717) is 11.2 Å². The minimum atomic E-state index is 0.370. The summed E-state index contributed by atoms with van der Waals surface area (Å²) in [5, 5.41) is 10.1. The molecular formula is C22H33NO. The fraction of sp³-hybridized carbons (Fsp3) is 0.727. The number of fused-ring (bicyclic) bond motifs is 1. The lowest BCUT2D eigenvalue weighted by molar-refractivity contribution is -0.0120. The molecule has 3 atom stereocenters. The molecule has 1 aromatic rings. The monoisotopic (exact) mass is 327 g/mol. The van der Waals surface area contributed by atoms with Crippen LogP contribution in [0.25, 0.3) is 0 Å². The molecule has 2 fully saturated rings. The van der Waals surface area contributed by atoms with Crippen LogP contribution in [-0.2, 0) is 11.8 Å². The highest BCUT2D eigenvalue weighted by atomic mass is 16.3.